The Morgan fingerprint density at radius 1 is 1.28 bits per heavy atom. The second-order valence-corrected chi connectivity index (χ2v) is 4.70. The van der Waals surface area contributed by atoms with Crippen molar-refractivity contribution in [3.8, 4) is 5.75 Å². The first kappa shape index (κ1) is 14.5. The van der Waals surface area contributed by atoms with Crippen LogP contribution in [-0.4, -0.2) is 12.0 Å². The van der Waals surface area contributed by atoms with E-state index in [1.807, 2.05) is 38.1 Å². The summed E-state index contributed by atoms with van der Waals surface area (Å²) in [5.41, 5.74) is 12.2. The molecule has 1 aromatic rings. The van der Waals surface area contributed by atoms with Gasteiger partial charge in [-0.1, -0.05) is 12.1 Å². The van der Waals surface area contributed by atoms with Crippen molar-refractivity contribution >= 4 is 5.91 Å². The van der Waals surface area contributed by atoms with Gasteiger partial charge in [-0.2, -0.15) is 0 Å². The molecular formula is C14H22N2O2. The van der Waals surface area contributed by atoms with Crippen molar-refractivity contribution < 1.29 is 9.53 Å². The third-order valence-electron chi connectivity index (χ3n) is 2.62. The Kier molecular flexibility index (Phi) is 5.65. The van der Waals surface area contributed by atoms with Crippen LogP contribution < -0.4 is 16.2 Å². The second-order valence-electron chi connectivity index (χ2n) is 4.70. The zero-order chi connectivity index (χ0) is 13.5. The second kappa shape index (κ2) is 7.01. The molecule has 4 N–H and O–H groups in total. The fraction of sp³-hybridized carbons (Fsp3) is 0.500. The SMILES string of the molecule is CC(C)Oc1ccc(C(N)CCCC(N)=O)cc1. The van der Waals surface area contributed by atoms with E-state index in [0.29, 0.717) is 6.42 Å². The van der Waals surface area contributed by atoms with Gasteiger partial charge in [-0.05, 0) is 44.4 Å². The first-order valence-corrected chi connectivity index (χ1v) is 6.29. The van der Waals surface area contributed by atoms with Gasteiger partial charge in [-0.3, -0.25) is 4.79 Å². The lowest BCUT2D eigenvalue weighted by Gasteiger charge is -2.13. The van der Waals surface area contributed by atoms with Crippen molar-refractivity contribution in [1.82, 2.24) is 0 Å². The first-order valence-electron chi connectivity index (χ1n) is 6.29. The lowest BCUT2D eigenvalue weighted by Crippen LogP contribution is -2.14. The smallest absolute Gasteiger partial charge is 0.217 e. The summed E-state index contributed by atoms with van der Waals surface area (Å²) in [7, 11) is 0. The van der Waals surface area contributed by atoms with Gasteiger partial charge in [-0.15, -0.1) is 0 Å². The van der Waals surface area contributed by atoms with Crippen molar-refractivity contribution in [3.05, 3.63) is 29.8 Å². The van der Waals surface area contributed by atoms with Crippen LogP contribution in [0.5, 0.6) is 5.75 Å². The quantitative estimate of drug-likeness (QED) is 0.778. The highest BCUT2D eigenvalue weighted by Gasteiger charge is 2.07. The van der Waals surface area contributed by atoms with Crippen LogP contribution in [0.3, 0.4) is 0 Å². The third-order valence-corrected chi connectivity index (χ3v) is 2.62. The maximum atomic E-state index is 10.6. The highest BCUT2D eigenvalue weighted by atomic mass is 16.5. The van der Waals surface area contributed by atoms with E-state index in [-0.39, 0.29) is 18.1 Å². The summed E-state index contributed by atoms with van der Waals surface area (Å²) < 4.78 is 5.56. The van der Waals surface area contributed by atoms with Gasteiger partial charge in [-0.25, -0.2) is 0 Å². The standard InChI is InChI=1S/C14H22N2O2/c1-10(2)18-12-8-6-11(7-9-12)13(15)4-3-5-14(16)17/h6-10,13H,3-5,15H2,1-2H3,(H2,16,17). The molecule has 0 fully saturated rings. The van der Waals surface area contributed by atoms with Gasteiger partial charge < -0.3 is 16.2 Å². The molecule has 1 atom stereocenters. The Bertz CT molecular complexity index is 374. The summed E-state index contributed by atoms with van der Waals surface area (Å²) >= 11 is 0. The fourth-order valence-corrected chi connectivity index (χ4v) is 1.73. The molecule has 0 aliphatic rings. The number of amides is 1. The van der Waals surface area contributed by atoms with Crippen molar-refractivity contribution in [2.24, 2.45) is 11.5 Å². The maximum Gasteiger partial charge on any atom is 0.217 e. The minimum Gasteiger partial charge on any atom is -0.491 e. The van der Waals surface area contributed by atoms with Crippen LogP contribution in [0.15, 0.2) is 24.3 Å². The zero-order valence-electron chi connectivity index (χ0n) is 11.1. The summed E-state index contributed by atoms with van der Waals surface area (Å²) in [5, 5.41) is 0. The van der Waals surface area contributed by atoms with Gasteiger partial charge >= 0.3 is 0 Å². The average molecular weight is 250 g/mol. The molecule has 1 aromatic carbocycles. The van der Waals surface area contributed by atoms with Gasteiger partial charge in [0.2, 0.25) is 5.91 Å². The zero-order valence-corrected chi connectivity index (χ0v) is 11.1. The number of rotatable bonds is 7. The molecule has 100 valence electrons. The maximum absolute atomic E-state index is 10.6. The molecule has 0 saturated carbocycles. The van der Waals surface area contributed by atoms with E-state index < -0.39 is 0 Å². The normalized spacial score (nSPS) is 12.4. The number of nitrogens with two attached hydrogens (primary N) is 2. The number of benzene rings is 1. The Morgan fingerprint density at radius 3 is 2.39 bits per heavy atom. The predicted molar refractivity (Wildman–Crippen MR) is 72.2 cm³/mol. The van der Waals surface area contributed by atoms with E-state index in [4.69, 9.17) is 16.2 Å². The molecule has 0 aliphatic heterocycles. The van der Waals surface area contributed by atoms with Crippen LogP contribution in [0.25, 0.3) is 0 Å². The van der Waals surface area contributed by atoms with E-state index in [0.717, 1.165) is 24.2 Å². The van der Waals surface area contributed by atoms with Crippen LogP contribution in [0.2, 0.25) is 0 Å². The summed E-state index contributed by atoms with van der Waals surface area (Å²) in [6.45, 7) is 3.98. The largest absolute Gasteiger partial charge is 0.491 e. The molecule has 0 heterocycles. The van der Waals surface area contributed by atoms with Crippen LogP contribution in [-0.2, 0) is 4.79 Å². The Labute approximate surface area is 108 Å². The summed E-state index contributed by atoms with van der Waals surface area (Å²) in [6.07, 6.45) is 2.04. The van der Waals surface area contributed by atoms with Crippen LogP contribution >= 0.6 is 0 Å². The van der Waals surface area contributed by atoms with Gasteiger partial charge in [0.05, 0.1) is 6.10 Å². The Morgan fingerprint density at radius 2 is 1.89 bits per heavy atom. The summed E-state index contributed by atoms with van der Waals surface area (Å²) in [5.74, 6) is 0.570. The number of carbonyl (C=O) groups excluding carboxylic acids is 1. The molecule has 18 heavy (non-hydrogen) atoms. The number of hydrogen-bond donors (Lipinski definition) is 2. The summed E-state index contributed by atoms with van der Waals surface area (Å²) in [6, 6.07) is 7.71. The predicted octanol–water partition coefficient (Wildman–Crippen LogP) is 2.13. The number of ether oxygens (including phenoxy) is 1. The topological polar surface area (TPSA) is 78.3 Å². The molecule has 0 bridgehead atoms. The number of primary amides is 1. The van der Waals surface area contributed by atoms with Gasteiger partial charge in [0.1, 0.15) is 5.75 Å². The molecule has 1 rings (SSSR count). The number of carbonyl (C=O) groups is 1. The minimum absolute atomic E-state index is 0.0579. The lowest BCUT2D eigenvalue weighted by atomic mass is 10.0. The molecule has 1 amide bonds. The van der Waals surface area contributed by atoms with E-state index in [9.17, 15) is 4.79 Å². The lowest BCUT2D eigenvalue weighted by molar-refractivity contribution is -0.118. The monoisotopic (exact) mass is 250 g/mol. The van der Waals surface area contributed by atoms with Crippen LogP contribution in [0, 0.1) is 0 Å². The molecule has 0 aliphatic carbocycles. The number of hydrogen-bond acceptors (Lipinski definition) is 3. The fourth-order valence-electron chi connectivity index (χ4n) is 1.73. The van der Waals surface area contributed by atoms with E-state index >= 15 is 0 Å². The van der Waals surface area contributed by atoms with Gasteiger partial charge in [0.25, 0.3) is 0 Å². The van der Waals surface area contributed by atoms with Crippen LogP contribution in [0.4, 0.5) is 0 Å². The Balaban J connectivity index is 2.48. The molecule has 0 spiro atoms. The van der Waals surface area contributed by atoms with E-state index in [1.165, 1.54) is 0 Å². The molecule has 1 unspecified atom stereocenters. The molecule has 4 heteroatoms. The summed E-state index contributed by atoms with van der Waals surface area (Å²) in [4.78, 5) is 10.6. The highest BCUT2D eigenvalue weighted by Crippen LogP contribution is 2.20. The van der Waals surface area contributed by atoms with Crippen molar-refractivity contribution in [3.63, 3.8) is 0 Å². The highest BCUT2D eigenvalue weighted by molar-refractivity contribution is 5.73. The average Bonchev–Trinajstić information content (AvgIpc) is 2.28. The van der Waals surface area contributed by atoms with Crippen molar-refractivity contribution in [1.29, 1.82) is 0 Å². The van der Waals surface area contributed by atoms with Gasteiger partial charge in [0, 0.05) is 12.5 Å². The minimum atomic E-state index is -0.275. The Hall–Kier alpha value is -1.55. The van der Waals surface area contributed by atoms with Crippen molar-refractivity contribution in [2.75, 3.05) is 0 Å². The third kappa shape index (κ3) is 5.19. The molecule has 4 nitrogen and oxygen atoms in total. The molecule has 0 radical (unpaired) electrons. The van der Waals surface area contributed by atoms with Gasteiger partial charge in [0.15, 0.2) is 0 Å². The first-order chi connectivity index (χ1) is 8.49. The molecular weight excluding hydrogens is 228 g/mol. The van der Waals surface area contributed by atoms with Crippen molar-refractivity contribution in [2.45, 2.75) is 45.3 Å². The van der Waals surface area contributed by atoms with E-state index in [2.05, 4.69) is 0 Å². The van der Waals surface area contributed by atoms with Crippen LogP contribution in [0.1, 0.15) is 44.7 Å². The van der Waals surface area contributed by atoms with E-state index in [1.54, 1.807) is 0 Å². The molecule has 0 saturated heterocycles. The molecule has 0 aromatic heterocycles.